The van der Waals surface area contributed by atoms with Gasteiger partial charge in [-0.3, -0.25) is 14.9 Å². The summed E-state index contributed by atoms with van der Waals surface area (Å²) in [7, 11) is 0. The topological polar surface area (TPSA) is 77.2 Å². The fourth-order valence-electron chi connectivity index (χ4n) is 2.74. The van der Waals surface area contributed by atoms with Gasteiger partial charge in [-0.2, -0.15) is 0 Å². The third-order valence-corrected chi connectivity index (χ3v) is 4.15. The normalized spacial score (nSPS) is 10.8. The second-order valence-electron chi connectivity index (χ2n) is 5.69. The van der Waals surface area contributed by atoms with Gasteiger partial charge in [0, 0.05) is 41.0 Å². The highest BCUT2D eigenvalue weighted by atomic mass is 19.1. The largest absolute Gasteiger partial charge is 0.348 e. The number of aromatic nitrogens is 1. The molecule has 1 amide bonds. The molecule has 3 aromatic rings. The number of hydrogen-bond acceptors (Lipinski definition) is 3. The highest BCUT2D eigenvalue weighted by Gasteiger charge is 2.19. The minimum absolute atomic E-state index is 0.0936. The van der Waals surface area contributed by atoms with E-state index in [1.165, 1.54) is 6.92 Å². The summed E-state index contributed by atoms with van der Waals surface area (Å²) >= 11 is 0. The minimum Gasteiger partial charge on any atom is -0.348 e. The molecule has 2 aromatic carbocycles. The van der Waals surface area contributed by atoms with Crippen molar-refractivity contribution >= 4 is 28.2 Å². The highest BCUT2D eigenvalue weighted by Crippen LogP contribution is 2.24. The Bertz CT molecular complexity index is 995. The number of halogens is 1. The van der Waals surface area contributed by atoms with Crippen molar-refractivity contribution in [3.05, 3.63) is 69.7 Å². The lowest BCUT2D eigenvalue weighted by molar-refractivity contribution is -0.385. The van der Waals surface area contributed by atoms with E-state index < -0.39 is 22.3 Å². The number of fused-ring (bicyclic) bond motifs is 1. The van der Waals surface area contributed by atoms with Crippen LogP contribution in [-0.4, -0.2) is 15.4 Å². The molecule has 1 heterocycles. The van der Waals surface area contributed by atoms with Crippen molar-refractivity contribution in [3.63, 3.8) is 0 Å². The van der Waals surface area contributed by atoms with Crippen LogP contribution in [0, 0.1) is 22.9 Å². The zero-order chi connectivity index (χ0) is 18.1. The Morgan fingerprint density at radius 2 is 2.04 bits per heavy atom. The molecule has 0 bridgehead atoms. The first kappa shape index (κ1) is 16.6. The van der Waals surface area contributed by atoms with E-state index in [1.807, 2.05) is 25.3 Å². The summed E-state index contributed by atoms with van der Waals surface area (Å²) in [5.41, 5.74) is 0.970. The molecule has 0 saturated heterocycles. The van der Waals surface area contributed by atoms with Crippen molar-refractivity contribution in [2.45, 2.75) is 20.4 Å². The van der Waals surface area contributed by atoms with Crippen molar-refractivity contribution < 1.29 is 14.1 Å². The lowest BCUT2D eigenvalue weighted by Gasteiger charge is -2.08. The van der Waals surface area contributed by atoms with Gasteiger partial charge in [0.25, 0.3) is 11.6 Å². The average Bonchev–Trinajstić information content (AvgIpc) is 2.99. The number of anilines is 1. The van der Waals surface area contributed by atoms with E-state index in [0.717, 1.165) is 29.6 Å². The lowest BCUT2D eigenvalue weighted by atomic mass is 10.1. The van der Waals surface area contributed by atoms with E-state index in [-0.39, 0.29) is 11.1 Å². The molecule has 0 fully saturated rings. The van der Waals surface area contributed by atoms with E-state index >= 15 is 0 Å². The van der Waals surface area contributed by atoms with Gasteiger partial charge in [-0.25, -0.2) is 4.39 Å². The van der Waals surface area contributed by atoms with Crippen LogP contribution in [0.3, 0.4) is 0 Å². The molecule has 0 saturated carbocycles. The molecular formula is C18H16FN3O3. The monoisotopic (exact) mass is 341 g/mol. The van der Waals surface area contributed by atoms with E-state index in [9.17, 15) is 19.3 Å². The van der Waals surface area contributed by atoms with Crippen LogP contribution in [0.4, 0.5) is 15.8 Å². The fourth-order valence-corrected chi connectivity index (χ4v) is 2.74. The van der Waals surface area contributed by atoms with Gasteiger partial charge in [-0.05, 0) is 44.2 Å². The second-order valence-corrected chi connectivity index (χ2v) is 5.69. The van der Waals surface area contributed by atoms with Gasteiger partial charge in [0.05, 0.1) is 10.5 Å². The Hall–Kier alpha value is -3.22. The van der Waals surface area contributed by atoms with Crippen LogP contribution in [0.25, 0.3) is 10.9 Å². The van der Waals surface area contributed by atoms with Crippen LogP contribution in [-0.2, 0) is 6.54 Å². The van der Waals surface area contributed by atoms with Crippen LogP contribution >= 0.6 is 0 Å². The first-order valence-corrected chi connectivity index (χ1v) is 7.75. The average molecular weight is 341 g/mol. The van der Waals surface area contributed by atoms with Gasteiger partial charge in [-0.15, -0.1) is 0 Å². The summed E-state index contributed by atoms with van der Waals surface area (Å²) < 4.78 is 15.9. The Balaban J connectivity index is 1.91. The molecule has 0 spiro atoms. The Morgan fingerprint density at radius 3 is 2.72 bits per heavy atom. The van der Waals surface area contributed by atoms with Crippen molar-refractivity contribution in [3.8, 4) is 0 Å². The zero-order valence-electron chi connectivity index (χ0n) is 13.7. The summed E-state index contributed by atoms with van der Waals surface area (Å²) in [6, 6.07) is 9.45. The molecule has 1 N–H and O–H groups in total. The number of carbonyl (C=O) groups excluding carboxylic acids is 1. The number of nitro benzene ring substituents is 1. The van der Waals surface area contributed by atoms with Crippen LogP contribution in [0.1, 0.15) is 22.8 Å². The predicted octanol–water partition coefficient (Wildman–Crippen LogP) is 4.27. The quantitative estimate of drug-likeness (QED) is 0.569. The molecule has 3 rings (SSSR count). The maximum absolute atomic E-state index is 13.9. The number of benzene rings is 2. The summed E-state index contributed by atoms with van der Waals surface area (Å²) in [4.78, 5) is 22.6. The number of nitro groups is 1. The van der Waals surface area contributed by atoms with Crippen molar-refractivity contribution in [2.75, 3.05) is 5.32 Å². The number of hydrogen-bond donors (Lipinski definition) is 1. The third kappa shape index (κ3) is 3.08. The standard InChI is InChI=1S/C18H16FN3O3/c1-3-21-7-6-12-8-14(4-5-16(12)21)20-18(23)13-9-15(19)11(2)17(10-13)22(24)25/h4-10H,3H2,1-2H3,(H,20,23). The molecule has 0 unspecified atom stereocenters. The number of rotatable bonds is 4. The molecule has 0 aliphatic carbocycles. The Kier molecular flexibility index (Phi) is 4.22. The molecule has 1 aromatic heterocycles. The first-order chi connectivity index (χ1) is 11.9. The van der Waals surface area contributed by atoms with Gasteiger partial charge in [0.2, 0.25) is 0 Å². The molecule has 0 aliphatic heterocycles. The first-order valence-electron chi connectivity index (χ1n) is 7.75. The van der Waals surface area contributed by atoms with Crippen LogP contribution < -0.4 is 5.32 Å². The second kappa shape index (κ2) is 6.35. The number of aryl methyl sites for hydroxylation is 1. The predicted molar refractivity (Wildman–Crippen MR) is 93.4 cm³/mol. The van der Waals surface area contributed by atoms with Gasteiger partial charge >= 0.3 is 0 Å². The molecule has 7 heteroatoms. The molecule has 128 valence electrons. The van der Waals surface area contributed by atoms with Gasteiger partial charge in [0.15, 0.2) is 0 Å². The van der Waals surface area contributed by atoms with Gasteiger partial charge in [0.1, 0.15) is 5.82 Å². The molecular weight excluding hydrogens is 325 g/mol. The van der Waals surface area contributed by atoms with Crippen molar-refractivity contribution in [2.24, 2.45) is 0 Å². The van der Waals surface area contributed by atoms with Crippen LogP contribution in [0.2, 0.25) is 0 Å². The molecule has 25 heavy (non-hydrogen) atoms. The highest BCUT2D eigenvalue weighted by molar-refractivity contribution is 6.05. The summed E-state index contributed by atoms with van der Waals surface area (Å²) in [6.07, 6.45) is 1.95. The number of nitrogens with one attached hydrogen (secondary N) is 1. The van der Waals surface area contributed by atoms with E-state index in [4.69, 9.17) is 0 Å². The number of nitrogens with zero attached hydrogens (tertiary/aromatic N) is 2. The van der Waals surface area contributed by atoms with Crippen molar-refractivity contribution in [1.82, 2.24) is 4.57 Å². The molecule has 0 aliphatic rings. The van der Waals surface area contributed by atoms with Gasteiger partial charge < -0.3 is 9.88 Å². The van der Waals surface area contributed by atoms with E-state index in [2.05, 4.69) is 9.88 Å². The lowest BCUT2D eigenvalue weighted by Crippen LogP contribution is -2.13. The van der Waals surface area contributed by atoms with Crippen LogP contribution in [0.5, 0.6) is 0 Å². The minimum atomic E-state index is -0.783. The maximum Gasteiger partial charge on any atom is 0.276 e. The SMILES string of the molecule is CCn1ccc2cc(NC(=O)c3cc(F)c(C)c([N+](=O)[O-])c3)ccc21. The van der Waals surface area contributed by atoms with E-state index in [0.29, 0.717) is 5.69 Å². The Morgan fingerprint density at radius 1 is 1.28 bits per heavy atom. The molecule has 0 atom stereocenters. The maximum atomic E-state index is 13.9. The summed E-state index contributed by atoms with van der Waals surface area (Å²) in [5, 5.41) is 14.6. The van der Waals surface area contributed by atoms with Crippen molar-refractivity contribution in [1.29, 1.82) is 0 Å². The third-order valence-electron chi connectivity index (χ3n) is 4.15. The van der Waals surface area contributed by atoms with Crippen LogP contribution in [0.15, 0.2) is 42.6 Å². The number of carbonyl (C=O) groups is 1. The Labute approximate surface area is 143 Å². The zero-order valence-corrected chi connectivity index (χ0v) is 13.7. The summed E-state index contributed by atoms with van der Waals surface area (Å²) in [5.74, 6) is -1.38. The molecule has 0 radical (unpaired) electrons. The smallest absolute Gasteiger partial charge is 0.276 e. The summed E-state index contributed by atoms with van der Waals surface area (Å²) in [6.45, 7) is 4.18. The number of amides is 1. The fraction of sp³-hybridized carbons (Fsp3) is 0.167. The van der Waals surface area contributed by atoms with E-state index in [1.54, 1.807) is 12.1 Å². The van der Waals surface area contributed by atoms with Gasteiger partial charge in [-0.1, -0.05) is 0 Å². The molecule has 6 nitrogen and oxygen atoms in total.